The molecule has 0 aliphatic carbocycles. The molecule has 1 rings (SSSR count). The average Bonchev–Trinajstić information content (AvgIpc) is 2.34. The zero-order valence-corrected chi connectivity index (χ0v) is 12.4. The van der Waals surface area contributed by atoms with Gasteiger partial charge in [-0.05, 0) is 31.6 Å². The Kier molecular flexibility index (Phi) is 4.61. The first-order valence-corrected chi connectivity index (χ1v) is 6.93. The lowest BCUT2D eigenvalue weighted by molar-refractivity contribution is -0.163. The monoisotopic (exact) mass is 270 g/mol. The zero-order chi connectivity index (χ0) is 14.8. The highest BCUT2D eigenvalue weighted by Gasteiger charge is 2.47. The Bertz CT molecular complexity index is 362. The van der Waals surface area contributed by atoms with Crippen molar-refractivity contribution in [3.63, 3.8) is 0 Å². The summed E-state index contributed by atoms with van der Waals surface area (Å²) in [6.07, 6.45) is 2.28. The van der Waals surface area contributed by atoms with Gasteiger partial charge in [0.2, 0.25) is 5.91 Å². The Hall–Kier alpha value is -1.10. The number of carbonyl (C=O) groups excluding carboxylic acids is 1. The summed E-state index contributed by atoms with van der Waals surface area (Å²) >= 11 is 0. The Balaban J connectivity index is 3.09. The third-order valence-electron chi connectivity index (χ3n) is 4.51. The number of rotatable bonds is 4. The maximum absolute atomic E-state index is 12.7. The molecular weight excluding hydrogens is 244 g/mol. The van der Waals surface area contributed by atoms with E-state index in [1.807, 2.05) is 27.7 Å². The SMILES string of the molecule is CCC(C)(CN)C(=O)N1CCCC(C)(C)C1C(=O)O. The number of amides is 1. The van der Waals surface area contributed by atoms with Crippen LogP contribution in [0.25, 0.3) is 0 Å². The van der Waals surface area contributed by atoms with E-state index in [1.165, 1.54) is 4.90 Å². The van der Waals surface area contributed by atoms with Crippen molar-refractivity contribution in [2.24, 2.45) is 16.6 Å². The Morgan fingerprint density at radius 2 is 2.05 bits per heavy atom. The van der Waals surface area contributed by atoms with E-state index in [4.69, 9.17) is 5.73 Å². The van der Waals surface area contributed by atoms with Gasteiger partial charge in [0.1, 0.15) is 6.04 Å². The fourth-order valence-corrected chi connectivity index (χ4v) is 2.81. The number of carbonyl (C=O) groups is 2. The fourth-order valence-electron chi connectivity index (χ4n) is 2.81. The Labute approximate surface area is 115 Å². The van der Waals surface area contributed by atoms with Gasteiger partial charge in [-0.3, -0.25) is 4.79 Å². The van der Waals surface area contributed by atoms with E-state index in [0.29, 0.717) is 13.0 Å². The van der Waals surface area contributed by atoms with Gasteiger partial charge in [0, 0.05) is 13.1 Å². The van der Waals surface area contributed by atoms with E-state index in [2.05, 4.69) is 0 Å². The van der Waals surface area contributed by atoms with Crippen molar-refractivity contribution in [3.05, 3.63) is 0 Å². The molecule has 110 valence electrons. The van der Waals surface area contributed by atoms with Crippen LogP contribution >= 0.6 is 0 Å². The van der Waals surface area contributed by atoms with Gasteiger partial charge in [0.25, 0.3) is 0 Å². The third-order valence-corrected chi connectivity index (χ3v) is 4.51. The van der Waals surface area contributed by atoms with Crippen LogP contribution in [-0.2, 0) is 9.59 Å². The number of likely N-dealkylation sites (tertiary alicyclic amines) is 1. The molecule has 1 saturated heterocycles. The molecule has 1 aliphatic heterocycles. The molecule has 5 nitrogen and oxygen atoms in total. The number of aliphatic carboxylic acids is 1. The second-order valence-electron chi connectivity index (χ2n) is 6.45. The molecule has 1 fully saturated rings. The van der Waals surface area contributed by atoms with E-state index in [9.17, 15) is 14.7 Å². The predicted octanol–water partition coefficient (Wildman–Crippen LogP) is 1.46. The molecule has 0 aromatic rings. The van der Waals surface area contributed by atoms with Gasteiger partial charge < -0.3 is 15.7 Å². The number of nitrogens with two attached hydrogens (primary N) is 1. The summed E-state index contributed by atoms with van der Waals surface area (Å²) < 4.78 is 0. The zero-order valence-electron chi connectivity index (χ0n) is 12.4. The predicted molar refractivity (Wildman–Crippen MR) is 73.6 cm³/mol. The van der Waals surface area contributed by atoms with Crippen LogP contribution in [0.2, 0.25) is 0 Å². The Morgan fingerprint density at radius 3 is 2.47 bits per heavy atom. The summed E-state index contributed by atoms with van der Waals surface area (Å²) in [5, 5.41) is 9.48. The molecule has 1 amide bonds. The molecule has 2 unspecified atom stereocenters. The number of carboxylic acid groups (broad SMARTS) is 1. The van der Waals surface area contributed by atoms with Crippen LogP contribution in [0.3, 0.4) is 0 Å². The molecular formula is C14H26N2O3. The molecule has 0 spiro atoms. The van der Waals surface area contributed by atoms with E-state index < -0.39 is 22.8 Å². The maximum atomic E-state index is 12.7. The summed E-state index contributed by atoms with van der Waals surface area (Å²) in [6.45, 7) is 8.31. The van der Waals surface area contributed by atoms with Crippen molar-refractivity contribution in [2.45, 2.75) is 53.0 Å². The normalized spacial score (nSPS) is 25.7. The van der Waals surface area contributed by atoms with Crippen molar-refractivity contribution in [1.82, 2.24) is 4.90 Å². The van der Waals surface area contributed by atoms with Crippen molar-refractivity contribution in [2.75, 3.05) is 13.1 Å². The van der Waals surface area contributed by atoms with Crippen LogP contribution in [0.4, 0.5) is 0 Å². The minimum absolute atomic E-state index is 0.127. The van der Waals surface area contributed by atoms with Crippen LogP contribution in [-0.4, -0.2) is 41.0 Å². The molecule has 0 aromatic heterocycles. The highest BCUT2D eigenvalue weighted by atomic mass is 16.4. The number of nitrogens with zero attached hydrogens (tertiary/aromatic N) is 1. The lowest BCUT2D eigenvalue weighted by Crippen LogP contribution is -2.60. The quantitative estimate of drug-likeness (QED) is 0.810. The summed E-state index contributed by atoms with van der Waals surface area (Å²) in [7, 11) is 0. The molecule has 19 heavy (non-hydrogen) atoms. The molecule has 0 aromatic carbocycles. The highest BCUT2D eigenvalue weighted by Crippen LogP contribution is 2.37. The van der Waals surface area contributed by atoms with Crippen LogP contribution < -0.4 is 5.73 Å². The molecule has 1 aliphatic rings. The standard InChI is InChI=1S/C14H26N2O3/c1-5-14(4,9-15)12(19)16-8-6-7-13(2,3)10(16)11(17)18/h10H,5-9,15H2,1-4H3,(H,17,18). The van der Waals surface area contributed by atoms with Gasteiger partial charge in [-0.1, -0.05) is 20.8 Å². The topological polar surface area (TPSA) is 83.6 Å². The van der Waals surface area contributed by atoms with Gasteiger partial charge in [-0.25, -0.2) is 4.79 Å². The van der Waals surface area contributed by atoms with Gasteiger partial charge in [-0.15, -0.1) is 0 Å². The van der Waals surface area contributed by atoms with Gasteiger partial charge in [-0.2, -0.15) is 0 Å². The molecule has 0 saturated carbocycles. The fraction of sp³-hybridized carbons (Fsp3) is 0.857. The smallest absolute Gasteiger partial charge is 0.326 e. The minimum Gasteiger partial charge on any atom is -0.480 e. The summed E-state index contributed by atoms with van der Waals surface area (Å²) in [4.78, 5) is 25.8. The second kappa shape index (κ2) is 5.49. The molecule has 2 atom stereocenters. The van der Waals surface area contributed by atoms with E-state index in [-0.39, 0.29) is 12.5 Å². The minimum atomic E-state index is -0.923. The van der Waals surface area contributed by atoms with E-state index in [0.717, 1.165) is 12.8 Å². The molecule has 0 radical (unpaired) electrons. The second-order valence-corrected chi connectivity index (χ2v) is 6.45. The highest BCUT2D eigenvalue weighted by molar-refractivity contribution is 5.88. The number of hydrogen-bond acceptors (Lipinski definition) is 3. The first-order valence-electron chi connectivity index (χ1n) is 6.93. The molecule has 3 N–H and O–H groups in total. The van der Waals surface area contributed by atoms with E-state index in [1.54, 1.807) is 0 Å². The van der Waals surface area contributed by atoms with Crippen LogP contribution in [0, 0.1) is 10.8 Å². The summed E-state index contributed by atoms with van der Waals surface area (Å²) in [6, 6.07) is -0.758. The van der Waals surface area contributed by atoms with Crippen molar-refractivity contribution in [3.8, 4) is 0 Å². The third kappa shape index (κ3) is 2.91. The van der Waals surface area contributed by atoms with Gasteiger partial charge >= 0.3 is 5.97 Å². The van der Waals surface area contributed by atoms with E-state index >= 15 is 0 Å². The molecule has 5 heteroatoms. The lowest BCUT2D eigenvalue weighted by Gasteiger charge is -2.46. The largest absolute Gasteiger partial charge is 0.480 e. The number of carboxylic acids is 1. The first kappa shape index (κ1) is 16.0. The van der Waals surface area contributed by atoms with Crippen molar-refractivity contribution < 1.29 is 14.7 Å². The summed E-state index contributed by atoms with van der Waals surface area (Å²) in [5.41, 5.74) is 4.65. The molecule has 1 heterocycles. The van der Waals surface area contributed by atoms with Crippen molar-refractivity contribution in [1.29, 1.82) is 0 Å². The van der Waals surface area contributed by atoms with Crippen LogP contribution in [0.15, 0.2) is 0 Å². The number of piperidine rings is 1. The van der Waals surface area contributed by atoms with Gasteiger partial charge in [0.15, 0.2) is 0 Å². The maximum Gasteiger partial charge on any atom is 0.326 e. The lowest BCUT2D eigenvalue weighted by atomic mass is 9.74. The number of hydrogen-bond donors (Lipinski definition) is 2. The first-order chi connectivity index (χ1) is 8.69. The van der Waals surface area contributed by atoms with Gasteiger partial charge in [0.05, 0.1) is 5.41 Å². The average molecular weight is 270 g/mol. The van der Waals surface area contributed by atoms with Crippen molar-refractivity contribution >= 4 is 11.9 Å². The summed E-state index contributed by atoms with van der Waals surface area (Å²) in [5.74, 6) is -1.05. The Morgan fingerprint density at radius 1 is 1.47 bits per heavy atom. The molecule has 0 bridgehead atoms. The van der Waals surface area contributed by atoms with Crippen LogP contribution in [0.5, 0.6) is 0 Å². The van der Waals surface area contributed by atoms with Crippen LogP contribution in [0.1, 0.15) is 47.0 Å².